The van der Waals surface area contributed by atoms with E-state index in [0.717, 1.165) is 23.6 Å². The van der Waals surface area contributed by atoms with Crippen LogP contribution in [0, 0.1) is 10.1 Å². The zero-order valence-electron chi connectivity index (χ0n) is 12.5. The van der Waals surface area contributed by atoms with Gasteiger partial charge in [0.2, 0.25) is 5.69 Å². The van der Waals surface area contributed by atoms with Crippen LogP contribution in [0.25, 0.3) is 16.5 Å². The summed E-state index contributed by atoms with van der Waals surface area (Å²) >= 11 is 1.15. The summed E-state index contributed by atoms with van der Waals surface area (Å²) in [6.07, 6.45) is -4.05. The number of alkyl halides is 3. The minimum Gasteiger partial charge on any atom is -0.364 e. The van der Waals surface area contributed by atoms with Gasteiger partial charge in [-0.2, -0.15) is 23.0 Å². The molecule has 0 spiro atoms. The van der Waals surface area contributed by atoms with Gasteiger partial charge >= 0.3 is 11.9 Å². The predicted molar refractivity (Wildman–Crippen MR) is 82.6 cm³/mol. The minimum atomic E-state index is -4.78. The highest BCUT2D eigenvalue weighted by Gasteiger charge is 2.34. The van der Waals surface area contributed by atoms with E-state index in [2.05, 4.69) is 15.1 Å². The monoisotopic (exact) mass is 384 g/mol. The molecule has 13 heteroatoms. The van der Waals surface area contributed by atoms with Crippen LogP contribution in [-0.2, 0) is 6.18 Å². The molecule has 0 fully saturated rings. The molecule has 3 aromatic heterocycles. The smallest absolute Gasteiger partial charge is 0.364 e. The van der Waals surface area contributed by atoms with Crippen LogP contribution < -0.4 is 5.73 Å². The maximum Gasteiger partial charge on any atom is 0.433 e. The van der Waals surface area contributed by atoms with E-state index >= 15 is 0 Å². The third-order valence-electron chi connectivity index (χ3n) is 3.11. The first-order valence-electron chi connectivity index (χ1n) is 6.71. The Morgan fingerprint density at radius 3 is 2.58 bits per heavy atom. The summed E-state index contributed by atoms with van der Waals surface area (Å²) in [5, 5.41) is 16.2. The number of halogens is 3. The molecule has 3 rings (SSSR count). The largest absolute Gasteiger partial charge is 0.433 e. The van der Waals surface area contributed by atoms with Crippen LogP contribution in [0.4, 0.5) is 18.9 Å². The molecule has 9 nitrogen and oxygen atoms in total. The van der Waals surface area contributed by atoms with E-state index in [1.807, 2.05) is 0 Å². The van der Waals surface area contributed by atoms with Gasteiger partial charge in [-0.15, -0.1) is 11.3 Å². The highest BCUT2D eigenvalue weighted by atomic mass is 32.1. The second-order valence-corrected chi connectivity index (χ2v) is 5.79. The number of nitrogens with two attached hydrogens (primary N) is 1. The number of hydrogen-bond acceptors (Lipinski definition) is 7. The van der Waals surface area contributed by atoms with Crippen molar-refractivity contribution in [1.29, 1.82) is 0 Å². The quantitative estimate of drug-likeness (QED) is 0.543. The van der Waals surface area contributed by atoms with Crippen molar-refractivity contribution < 1.29 is 22.9 Å². The summed E-state index contributed by atoms with van der Waals surface area (Å²) in [7, 11) is 0. The van der Waals surface area contributed by atoms with Crippen molar-refractivity contribution in [3.63, 3.8) is 0 Å². The molecule has 0 atom stereocenters. The molecule has 0 unspecified atom stereocenters. The molecule has 3 aromatic rings. The lowest BCUT2D eigenvalue weighted by molar-refractivity contribution is -0.385. The van der Waals surface area contributed by atoms with Crippen molar-refractivity contribution in [3.05, 3.63) is 51.3 Å². The van der Waals surface area contributed by atoms with Crippen LogP contribution in [0.5, 0.6) is 0 Å². The molecule has 0 bridgehead atoms. The lowest BCUT2D eigenvalue weighted by Gasteiger charge is -2.09. The maximum atomic E-state index is 13.1. The SMILES string of the molecule is NC(=O)c1nn(-c2nc(-c3cccs3)cc(C(F)(F)F)n2)cc1[N+](=O)[O-]. The number of nitro groups is 1. The molecular formula is C13H7F3N6O3S. The standard InChI is InChI=1S/C13H7F3N6O3S/c14-13(15,16)9-4-6(8-2-1-3-26-8)18-12(19-9)21-5-7(22(24)25)10(20-21)11(17)23/h1-5H,(H2,17,23). The van der Waals surface area contributed by atoms with Crippen molar-refractivity contribution in [3.8, 4) is 16.5 Å². The van der Waals surface area contributed by atoms with Gasteiger partial charge in [-0.05, 0) is 17.5 Å². The molecule has 26 heavy (non-hydrogen) atoms. The summed E-state index contributed by atoms with van der Waals surface area (Å²) in [6, 6.07) is 3.93. The van der Waals surface area contributed by atoms with Gasteiger partial charge in [0.25, 0.3) is 11.9 Å². The van der Waals surface area contributed by atoms with Gasteiger partial charge in [-0.3, -0.25) is 14.9 Å². The molecule has 3 heterocycles. The van der Waals surface area contributed by atoms with Gasteiger partial charge in [0.15, 0.2) is 5.69 Å². The minimum absolute atomic E-state index is 0.0453. The molecule has 0 aromatic carbocycles. The fraction of sp³-hybridized carbons (Fsp3) is 0.0769. The molecule has 2 N–H and O–H groups in total. The molecule has 0 aliphatic carbocycles. The van der Waals surface area contributed by atoms with E-state index in [1.54, 1.807) is 17.5 Å². The Morgan fingerprint density at radius 1 is 1.35 bits per heavy atom. The number of rotatable bonds is 4. The Hall–Kier alpha value is -3.35. The number of amides is 1. The van der Waals surface area contributed by atoms with E-state index in [1.165, 1.54) is 0 Å². The normalized spacial score (nSPS) is 11.5. The van der Waals surface area contributed by atoms with Crippen LogP contribution in [-0.4, -0.2) is 30.6 Å². The van der Waals surface area contributed by atoms with Crippen LogP contribution in [0.1, 0.15) is 16.2 Å². The summed E-state index contributed by atoms with van der Waals surface area (Å²) in [5.41, 5.74) is 2.23. The zero-order chi connectivity index (χ0) is 19.1. The van der Waals surface area contributed by atoms with E-state index in [4.69, 9.17) is 5.73 Å². The number of thiophene rings is 1. The number of primary amides is 1. The average Bonchev–Trinajstić information content (AvgIpc) is 3.23. The number of aromatic nitrogens is 4. The Morgan fingerprint density at radius 2 is 2.08 bits per heavy atom. The first-order chi connectivity index (χ1) is 12.2. The third kappa shape index (κ3) is 3.23. The molecule has 134 valence electrons. The van der Waals surface area contributed by atoms with Crippen LogP contribution in [0.15, 0.2) is 29.8 Å². The molecular weight excluding hydrogens is 377 g/mol. The van der Waals surface area contributed by atoms with Gasteiger partial charge in [0.05, 0.1) is 15.5 Å². The first kappa shape index (κ1) is 17.5. The van der Waals surface area contributed by atoms with Crippen LogP contribution >= 0.6 is 11.3 Å². The average molecular weight is 384 g/mol. The van der Waals surface area contributed by atoms with E-state index in [9.17, 15) is 28.1 Å². The molecule has 0 saturated heterocycles. The van der Waals surface area contributed by atoms with Gasteiger partial charge in [0, 0.05) is 0 Å². The Balaban J connectivity index is 2.22. The number of nitrogens with zero attached hydrogens (tertiary/aromatic N) is 5. The lowest BCUT2D eigenvalue weighted by Crippen LogP contribution is -2.15. The van der Waals surface area contributed by atoms with E-state index in [-0.39, 0.29) is 5.69 Å². The number of hydrogen-bond donors (Lipinski definition) is 1. The molecule has 0 aliphatic heterocycles. The summed E-state index contributed by atoms with van der Waals surface area (Å²) in [6.45, 7) is 0. The fourth-order valence-corrected chi connectivity index (χ4v) is 2.70. The second kappa shape index (κ2) is 6.18. The van der Waals surface area contributed by atoms with E-state index in [0.29, 0.717) is 9.56 Å². The highest BCUT2D eigenvalue weighted by Crippen LogP contribution is 2.32. The highest BCUT2D eigenvalue weighted by molar-refractivity contribution is 7.13. The van der Waals surface area contributed by atoms with Crippen molar-refractivity contribution in [2.24, 2.45) is 5.73 Å². The topological polar surface area (TPSA) is 130 Å². The Bertz CT molecular complexity index is 968. The summed E-state index contributed by atoms with van der Waals surface area (Å²) in [5.74, 6) is -1.79. The second-order valence-electron chi connectivity index (χ2n) is 4.84. The van der Waals surface area contributed by atoms with Crippen molar-refractivity contribution in [2.75, 3.05) is 0 Å². The van der Waals surface area contributed by atoms with Crippen molar-refractivity contribution >= 4 is 22.9 Å². The van der Waals surface area contributed by atoms with Gasteiger partial charge in [-0.1, -0.05) is 6.07 Å². The number of carbonyl (C=O) groups excluding carboxylic acids is 1. The Labute approximate surface area is 146 Å². The molecule has 0 radical (unpaired) electrons. The van der Waals surface area contributed by atoms with Crippen molar-refractivity contribution in [2.45, 2.75) is 6.18 Å². The summed E-state index contributed by atoms with van der Waals surface area (Å²) in [4.78, 5) is 29.1. The molecule has 1 amide bonds. The first-order valence-corrected chi connectivity index (χ1v) is 7.59. The van der Waals surface area contributed by atoms with Crippen LogP contribution in [0.3, 0.4) is 0 Å². The van der Waals surface area contributed by atoms with Crippen LogP contribution in [0.2, 0.25) is 0 Å². The predicted octanol–water partition coefficient (Wildman–Crippen LogP) is 2.42. The van der Waals surface area contributed by atoms with Gasteiger partial charge in [-0.25, -0.2) is 9.97 Å². The molecule has 0 saturated carbocycles. The third-order valence-corrected chi connectivity index (χ3v) is 4.00. The van der Waals surface area contributed by atoms with E-state index < -0.39 is 40.0 Å². The summed E-state index contributed by atoms with van der Waals surface area (Å²) < 4.78 is 40.1. The lowest BCUT2D eigenvalue weighted by atomic mass is 10.3. The maximum absolute atomic E-state index is 13.1. The molecule has 0 aliphatic rings. The van der Waals surface area contributed by atoms with Gasteiger partial charge in [0.1, 0.15) is 6.20 Å². The zero-order valence-corrected chi connectivity index (χ0v) is 13.3. The van der Waals surface area contributed by atoms with Crippen molar-refractivity contribution in [1.82, 2.24) is 19.7 Å². The fourth-order valence-electron chi connectivity index (χ4n) is 2.01. The Kier molecular flexibility index (Phi) is 4.15. The number of carbonyl (C=O) groups is 1. The van der Waals surface area contributed by atoms with Gasteiger partial charge < -0.3 is 5.73 Å².